The molecule has 2 heterocycles. The van der Waals surface area contributed by atoms with E-state index in [1.165, 1.54) is 16.9 Å². The first-order valence-corrected chi connectivity index (χ1v) is 8.18. The second-order valence-electron chi connectivity index (χ2n) is 5.36. The van der Waals surface area contributed by atoms with E-state index in [-0.39, 0.29) is 18.1 Å². The van der Waals surface area contributed by atoms with Gasteiger partial charge in [-0.2, -0.15) is 0 Å². The Kier molecular flexibility index (Phi) is 3.91. The van der Waals surface area contributed by atoms with Crippen molar-refractivity contribution >= 4 is 34.7 Å². The Morgan fingerprint density at radius 1 is 1.38 bits per heavy atom. The van der Waals surface area contributed by atoms with Gasteiger partial charge in [0.15, 0.2) is 0 Å². The van der Waals surface area contributed by atoms with Crippen LogP contribution in [0.3, 0.4) is 0 Å². The largest absolute Gasteiger partial charge is 0.330 e. The topological polar surface area (TPSA) is 32.3 Å². The number of para-hydroxylation sites is 1. The molecule has 1 aromatic heterocycles. The zero-order chi connectivity index (χ0) is 15.0. The summed E-state index contributed by atoms with van der Waals surface area (Å²) in [5, 5.41) is 3.06. The van der Waals surface area contributed by atoms with Crippen LogP contribution in [0.5, 0.6) is 0 Å². The van der Waals surface area contributed by atoms with Crippen molar-refractivity contribution in [3.63, 3.8) is 0 Å². The van der Waals surface area contributed by atoms with Crippen LogP contribution in [0.4, 0.5) is 10.5 Å². The fourth-order valence-corrected chi connectivity index (χ4v) is 3.83. The summed E-state index contributed by atoms with van der Waals surface area (Å²) >= 11 is 7.45. The summed E-state index contributed by atoms with van der Waals surface area (Å²) in [4.78, 5) is 15.5. The number of amides is 2. The summed E-state index contributed by atoms with van der Waals surface area (Å²) in [5.41, 5.74) is 2.24. The first-order valence-electron chi connectivity index (χ1n) is 6.99. The molecule has 1 aromatic carbocycles. The first-order chi connectivity index (χ1) is 10.1. The maximum Gasteiger partial charge on any atom is 0.322 e. The van der Waals surface area contributed by atoms with Crippen LogP contribution in [0.15, 0.2) is 36.4 Å². The molecular weight excluding hydrogens is 304 g/mol. The van der Waals surface area contributed by atoms with E-state index in [0.29, 0.717) is 0 Å². The minimum Gasteiger partial charge on any atom is -0.330 e. The number of hydrogen-bond donors (Lipinski definition) is 1. The zero-order valence-electron chi connectivity index (χ0n) is 12.0. The van der Waals surface area contributed by atoms with Crippen molar-refractivity contribution in [2.45, 2.75) is 32.4 Å². The third-order valence-corrected chi connectivity index (χ3v) is 5.20. The maximum atomic E-state index is 12.6. The maximum absolute atomic E-state index is 12.6. The first kappa shape index (κ1) is 14.4. The monoisotopic (exact) mass is 320 g/mol. The Balaban J connectivity index is 1.77. The molecule has 2 aromatic rings. The van der Waals surface area contributed by atoms with Crippen LogP contribution in [0.2, 0.25) is 4.34 Å². The molecule has 2 unspecified atom stereocenters. The van der Waals surface area contributed by atoms with Crippen LogP contribution >= 0.6 is 22.9 Å². The average Bonchev–Trinajstić information content (AvgIpc) is 3.01. The number of benzene rings is 1. The Morgan fingerprint density at radius 2 is 2.14 bits per heavy atom. The lowest BCUT2D eigenvalue weighted by molar-refractivity contribution is 0.242. The van der Waals surface area contributed by atoms with E-state index in [9.17, 15) is 4.79 Å². The molecule has 2 amide bonds. The van der Waals surface area contributed by atoms with E-state index in [1.54, 1.807) is 0 Å². The number of carbonyl (C=O) groups excluding carboxylic acids is 1. The number of carbonyl (C=O) groups is 1. The molecule has 21 heavy (non-hydrogen) atoms. The van der Waals surface area contributed by atoms with Crippen LogP contribution in [0.1, 0.15) is 30.3 Å². The van der Waals surface area contributed by atoms with Crippen molar-refractivity contribution in [3.8, 4) is 0 Å². The Morgan fingerprint density at radius 3 is 2.86 bits per heavy atom. The van der Waals surface area contributed by atoms with Crippen molar-refractivity contribution in [2.24, 2.45) is 0 Å². The Hall–Kier alpha value is -1.52. The summed E-state index contributed by atoms with van der Waals surface area (Å²) in [7, 11) is 0. The number of fused-ring (bicyclic) bond motifs is 1. The minimum atomic E-state index is -0.0514. The third-order valence-electron chi connectivity index (χ3n) is 3.79. The molecule has 2 atom stereocenters. The smallest absolute Gasteiger partial charge is 0.322 e. The fourth-order valence-electron chi connectivity index (χ4n) is 2.76. The van der Waals surface area contributed by atoms with Gasteiger partial charge in [0, 0.05) is 16.6 Å². The van der Waals surface area contributed by atoms with Crippen LogP contribution < -0.4 is 10.2 Å². The molecule has 1 N–H and O–H groups in total. The lowest BCUT2D eigenvalue weighted by Gasteiger charge is -2.25. The number of nitrogens with zero attached hydrogens (tertiary/aromatic N) is 1. The van der Waals surface area contributed by atoms with Crippen LogP contribution in [-0.4, -0.2) is 12.1 Å². The summed E-state index contributed by atoms with van der Waals surface area (Å²) in [5.74, 6) is 0. The molecular formula is C16H17ClN2OS. The number of anilines is 1. The van der Waals surface area contributed by atoms with Crippen molar-refractivity contribution in [2.75, 3.05) is 4.90 Å². The molecule has 0 radical (unpaired) electrons. The number of halogens is 1. The van der Waals surface area contributed by atoms with Crippen molar-refractivity contribution in [3.05, 3.63) is 51.2 Å². The second kappa shape index (κ2) is 5.70. The van der Waals surface area contributed by atoms with Gasteiger partial charge in [-0.05, 0) is 44.0 Å². The molecule has 1 aliphatic rings. The molecule has 0 aliphatic carbocycles. The SMILES string of the molecule is CC(NC(=O)N1c2ccccc2CC1C)c1ccc(Cl)s1. The van der Waals surface area contributed by atoms with E-state index >= 15 is 0 Å². The molecule has 0 saturated carbocycles. The number of rotatable bonds is 2. The quantitative estimate of drug-likeness (QED) is 0.860. The predicted molar refractivity (Wildman–Crippen MR) is 88.4 cm³/mol. The van der Waals surface area contributed by atoms with Gasteiger partial charge in [-0.1, -0.05) is 29.8 Å². The summed E-state index contributed by atoms with van der Waals surface area (Å²) < 4.78 is 0.742. The average molecular weight is 321 g/mol. The lowest BCUT2D eigenvalue weighted by atomic mass is 10.1. The fraction of sp³-hybridized carbons (Fsp3) is 0.312. The molecule has 0 spiro atoms. The molecule has 3 rings (SSSR count). The molecule has 110 valence electrons. The highest BCUT2D eigenvalue weighted by Gasteiger charge is 2.31. The highest BCUT2D eigenvalue weighted by atomic mass is 35.5. The van der Waals surface area contributed by atoms with Crippen LogP contribution in [0, 0.1) is 0 Å². The van der Waals surface area contributed by atoms with Crippen molar-refractivity contribution in [1.29, 1.82) is 0 Å². The number of nitrogens with one attached hydrogen (secondary N) is 1. The van der Waals surface area contributed by atoms with E-state index in [1.807, 2.05) is 42.2 Å². The highest BCUT2D eigenvalue weighted by molar-refractivity contribution is 7.16. The number of hydrogen-bond acceptors (Lipinski definition) is 2. The predicted octanol–water partition coefficient (Wildman–Crippen LogP) is 4.62. The van der Waals surface area contributed by atoms with E-state index < -0.39 is 0 Å². The summed E-state index contributed by atoms with van der Waals surface area (Å²) in [6.45, 7) is 4.05. The lowest BCUT2D eigenvalue weighted by Crippen LogP contribution is -2.44. The van der Waals surface area contributed by atoms with Gasteiger partial charge in [-0.3, -0.25) is 4.90 Å². The normalized spacial score (nSPS) is 18.4. The van der Waals surface area contributed by atoms with Crippen LogP contribution in [-0.2, 0) is 6.42 Å². The summed E-state index contributed by atoms with van der Waals surface area (Å²) in [6, 6.07) is 12.0. The van der Waals surface area contributed by atoms with Crippen LogP contribution in [0.25, 0.3) is 0 Å². The van der Waals surface area contributed by atoms with E-state index in [2.05, 4.69) is 18.3 Å². The molecule has 1 aliphatic heterocycles. The van der Waals surface area contributed by atoms with E-state index in [0.717, 1.165) is 21.3 Å². The van der Waals surface area contributed by atoms with Gasteiger partial charge in [0.05, 0.1) is 10.4 Å². The van der Waals surface area contributed by atoms with Gasteiger partial charge in [0.1, 0.15) is 0 Å². The van der Waals surface area contributed by atoms with Gasteiger partial charge < -0.3 is 5.32 Å². The standard InChI is InChI=1S/C16H17ClN2OS/c1-10-9-12-5-3-4-6-13(12)19(10)16(20)18-11(2)14-7-8-15(17)21-14/h3-8,10-11H,9H2,1-2H3,(H,18,20). The summed E-state index contributed by atoms with van der Waals surface area (Å²) in [6.07, 6.45) is 0.906. The molecule has 0 saturated heterocycles. The van der Waals surface area contributed by atoms with Gasteiger partial charge in [0.25, 0.3) is 0 Å². The number of thiophene rings is 1. The van der Waals surface area contributed by atoms with Crippen molar-refractivity contribution < 1.29 is 4.79 Å². The Labute approximate surface area is 133 Å². The Bertz CT molecular complexity index is 670. The van der Waals surface area contributed by atoms with Crippen molar-refractivity contribution in [1.82, 2.24) is 5.32 Å². The van der Waals surface area contributed by atoms with Gasteiger partial charge in [-0.15, -0.1) is 11.3 Å². The molecule has 0 fully saturated rings. The van der Waals surface area contributed by atoms with Gasteiger partial charge in [-0.25, -0.2) is 4.79 Å². The minimum absolute atomic E-state index is 0.0463. The molecule has 5 heteroatoms. The molecule has 0 bridgehead atoms. The zero-order valence-corrected chi connectivity index (χ0v) is 13.5. The molecule has 3 nitrogen and oxygen atoms in total. The number of urea groups is 1. The van der Waals surface area contributed by atoms with E-state index in [4.69, 9.17) is 11.6 Å². The highest BCUT2D eigenvalue weighted by Crippen LogP contribution is 2.32. The van der Waals surface area contributed by atoms with Gasteiger partial charge >= 0.3 is 6.03 Å². The van der Waals surface area contributed by atoms with Gasteiger partial charge in [0.2, 0.25) is 0 Å². The second-order valence-corrected chi connectivity index (χ2v) is 7.11. The third kappa shape index (κ3) is 2.78.